The molecule has 0 fully saturated rings. The molecule has 0 radical (unpaired) electrons. The lowest BCUT2D eigenvalue weighted by atomic mass is 10.2. The average molecular weight is 373 g/mol. The first-order chi connectivity index (χ1) is 9.83. The molecule has 0 atom stereocenters. The fourth-order valence-corrected chi connectivity index (χ4v) is 3.88. The highest BCUT2D eigenvalue weighted by Crippen LogP contribution is 2.27. The minimum atomic E-state index is -3.73. The summed E-state index contributed by atoms with van der Waals surface area (Å²) in [6, 6.07) is 4.88. The molecule has 1 aromatic heterocycles. The Morgan fingerprint density at radius 1 is 1.38 bits per heavy atom. The second kappa shape index (κ2) is 6.07. The SMILES string of the molecule is CCCc1cc(NS(=O)(=O)c2cc(Br)cc(N)c2C)n[nH]1. The van der Waals surface area contributed by atoms with Gasteiger partial charge in [-0.25, -0.2) is 8.42 Å². The van der Waals surface area contributed by atoms with Crippen LogP contribution in [0.25, 0.3) is 0 Å². The van der Waals surface area contributed by atoms with Crippen LogP contribution in [0.2, 0.25) is 0 Å². The van der Waals surface area contributed by atoms with E-state index in [1.54, 1.807) is 19.1 Å². The molecule has 0 bridgehead atoms. The first-order valence-electron chi connectivity index (χ1n) is 6.46. The fraction of sp³-hybridized carbons (Fsp3) is 0.308. The van der Waals surface area contributed by atoms with Crippen LogP contribution in [-0.4, -0.2) is 18.6 Å². The number of nitrogens with two attached hydrogens (primary N) is 1. The minimum absolute atomic E-state index is 0.134. The van der Waals surface area contributed by atoms with Crippen LogP contribution in [0.1, 0.15) is 24.6 Å². The van der Waals surface area contributed by atoms with Crippen molar-refractivity contribution in [3.05, 3.63) is 33.9 Å². The number of sulfonamides is 1. The lowest BCUT2D eigenvalue weighted by molar-refractivity contribution is 0.600. The summed E-state index contributed by atoms with van der Waals surface area (Å²) < 4.78 is 28.0. The Morgan fingerprint density at radius 3 is 2.76 bits per heavy atom. The van der Waals surface area contributed by atoms with Crippen LogP contribution in [0.3, 0.4) is 0 Å². The summed E-state index contributed by atoms with van der Waals surface area (Å²) in [5.41, 5.74) is 7.63. The van der Waals surface area contributed by atoms with Gasteiger partial charge in [-0.1, -0.05) is 29.3 Å². The topological polar surface area (TPSA) is 101 Å². The van der Waals surface area contributed by atoms with E-state index in [1.165, 1.54) is 6.07 Å². The van der Waals surface area contributed by atoms with Crippen molar-refractivity contribution in [3.8, 4) is 0 Å². The number of hydrogen-bond donors (Lipinski definition) is 3. The summed E-state index contributed by atoms with van der Waals surface area (Å²) in [5.74, 6) is 0.274. The minimum Gasteiger partial charge on any atom is -0.398 e. The predicted octanol–water partition coefficient (Wildman–Crippen LogP) is 2.82. The summed E-state index contributed by atoms with van der Waals surface area (Å²) in [5, 5.41) is 6.77. The molecule has 2 aromatic rings. The van der Waals surface area contributed by atoms with Crippen LogP contribution in [0, 0.1) is 6.92 Å². The number of nitrogens with one attached hydrogen (secondary N) is 2. The van der Waals surface area contributed by atoms with Crippen molar-refractivity contribution in [1.29, 1.82) is 0 Å². The Hall–Kier alpha value is -1.54. The third-order valence-corrected chi connectivity index (χ3v) is 4.98. The van der Waals surface area contributed by atoms with Gasteiger partial charge >= 0.3 is 0 Å². The van der Waals surface area contributed by atoms with Crippen LogP contribution < -0.4 is 10.5 Å². The molecule has 0 aliphatic rings. The first kappa shape index (κ1) is 15.8. The number of benzene rings is 1. The van der Waals surface area contributed by atoms with Crippen molar-refractivity contribution in [2.45, 2.75) is 31.6 Å². The smallest absolute Gasteiger partial charge is 0.263 e. The van der Waals surface area contributed by atoms with Crippen LogP contribution in [-0.2, 0) is 16.4 Å². The molecule has 0 saturated heterocycles. The van der Waals surface area contributed by atoms with Gasteiger partial charge in [-0.05, 0) is 31.0 Å². The van der Waals surface area contributed by atoms with E-state index in [-0.39, 0.29) is 10.7 Å². The van der Waals surface area contributed by atoms with Crippen molar-refractivity contribution in [1.82, 2.24) is 10.2 Å². The molecule has 114 valence electrons. The van der Waals surface area contributed by atoms with E-state index < -0.39 is 10.0 Å². The average Bonchev–Trinajstić information content (AvgIpc) is 2.80. The third-order valence-electron chi connectivity index (χ3n) is 3.04. The molecule has 0 unspecified atom stereocenters. The van der Waals surface area contributed by atoms with Crippen molar-refractivity contribution in [2.24, 2.45) is 0 Å². The number of nitrogen functional groups attached to an aromatic ring is 1. The summed E-state index contributed by atoms with van der Waals surface area (Å²) >= 11 is 3.26. The van der Waals surface area contributed by atoms with Gasteiger partial charge in [0.15, 0.2) is 5.82 Å². The summed E-state index contributed by atoms with van der Waals surface area (Å²) in [7, 11) is -3.73. The number of anilines is 2. The van der Waals surface area contributed by atoms with E-state index >= 15 is 0 Å². The maximum Gasteiger partial charge on any atom is 0.263 e. The van der Waals surface area contributed by atoms with Gasteiger partial charge in [-0.15, -0.1) is 0 Å². The van der Waals surface area contributed by atoms with Crippen LogP contribution in [0.15, 0.2) is 27.6 Å². The third kappa shape index (κ3) is 3.56. The fourth-order valence-electron chi connectivity index (χ4n) is 1.96. The van der Waals surface area contributed by atoms with Crippen LogP contribution >= 0.6 is 15.9 Å². The standard InChI is InChI=1S/C13H17BrN4O2S/c1-3-4-10-7-13(17-16-10)18-21(19,20)12-6-9(14)5-11(15)8(12)2/h5-7H,3-4,15H2,1-2H3,(H2,16,17,18). The van der Waals surface area contributed by atoms with E-state index in [0.29, 0.717) is 15.7 Å². The number of aromatic nitrogens is 2. The molecule has 1 aromatic carbocycles. The van der Waals surface area contributed by atoms with Crippen LogP contribution in [0.5, 0.6) is 0 Å². The normalized spacial score (nSPS) is 11.6. The summed E-state index contributed by atoms with van der Waals surface area (Å²) in [6.45, 7) is 3.71. The van der Waals surface area contributed by atoms with E-state index in [0.717, 1.165) is 18.5 Å². The number of hydrogen-bond acceptors (Lipinski definition) is 4. The Morgan fingerprint density at radius 2 is 2.10 bits per heavy atom. The maximum atomic E-state index is 12.5. The monoisotopic (exact) mass is 372 g/mol. The molecular weight excluding hydrogens is 356 g/mol. The van der Waals surface area contributed by atoms with E-state index in [2.05, 4.69) is 30.8 Å². The molecule has 0 amide bonds. The Bertz CT molecular complexity index is 756. The Balaban J connectivity index is 2.34. The van der Waals surface area contributed by atoms with Gasteiger partial charge in [-0.3, -0.25) is 9.82 Å². The highest BCUT2D eigenvalue weighted by atomic mass is 79.9. The number of aromatic amines is 1. The maximum absolute atomic E-state index is 12.5. The molecule has 2 rings (SSSR count). The van der Waals surface area contributed by atoms with Crippen molar-refractivity contribution in [2.75, 3.05) is 10.5 Å². The van der Waals surface area contributed by atoms with E-state index in [9.17, 15) is 8.42 Å². The lowest BCUT2D eigenvalue weighted by Crippen LogP contribution is -2.15. The van der Waals surface area contributed by atoms with Crippen LogP contribution in [0.4, 0.5) is 11.5 Å². The highest BCUT2D eigenvalue weighted by Gasteiger charge is 2.20. The molecule has 21 heavy (non-hydrogen) atoms. The van der Waals surface area contributed by atoms with Gasteiger partial charge in [0.2, 0.25) is 0 Å². The molecule has 8 heteroatoms. The van der Waals surface area contributed by atoms with Crippen molar-refractivity contribution in [3.63, 3.8) is 0 Å². The summed E-state index contributed by atoms with van der Waals surface area (Å²) in [6.07, 6.45) is 1.77. The molecule has 6 nitrogen and oxygen atoms in total. The molecule has 0 aliphatic carbocycles. The number of aryl methyl sites for hydroxylation is 1. The zero-order valence-corrected chi connectivity index (χ0v) is 14.2. The largest absolute Gasteiger partial charge is 0.398 e. The van der Waals surface area contributed by atoms with Crippen molar-refractivity contribution >= 4 is 37.5 Å². The molecule has 1 heterocycles. The van der Waals surface area contributed by atoms with E-state index in [1.807, 2.05) is 6.92 Å². The van der Waals surface area contributed by atoms with Gasteiger partial charge in [0.1, 0.15) is 0 Å². The second-order valence-corrected chi connectivity index (χ2v) is 7.32. The van der Waals surface area contributed by atoms with E-state index in [4.69, 9.17) is 5.73 Å². The second-order valence-electron chi connectivity index (χ2n) is 4.75. The zero-order valence-electron chi connectivity index (χ0n) is 11.8. The number of H-pyrrole nitrogens is 1. The molecule has 4 N–H and O–H groups in total. The first-order valence-corrected chi connectivity index (χ1v) is 8.74. The van der Waals surface area contributed by atoms with Gasteiger partial charge < -0.3 is 5.73 Å². The van der Waals surface area contributed by atoms with Gasteiger partial charge in [-0.2, -0.15) is 5.10 Å². The highest BCUT2D eigenvalue weighted by molar-refractivity contribution is 9.10. The Labute approximate surface area is 132 Å². The molecule has 0 spiro atoms. The molecule has 0 aliphatic heterocycles. The quantitative estimate of drug-likeness (QED) is 0.702. The van der Waals surface area contributed by atoms with Gasteiger partial charge in [0, 0.05) is 21.9 Å². The molecule has 0 saturated carbocycles. The van der Waals surface area contributed by atoms with Gasteiger partial charge in [0.05, 0.1) is 4.90 Å². The zero-order chi connectivity index (χ0) is 15.6. The lowest BCUT2D eigenvalue weighted by Gasteiger charge is -2.11. The number of rotatable bonds is 5. The van der Waals surface area contributed by atoms with Crippen molar-refractivity contribution < 1.29 is 8.42 Å². The number of halogens is 1. The number of nitrogens with zero attached hydrogens (tertiary/aromatic N) is 1. The predicted molar refractivity (Wildman–Crippen MR) is 86.7 cm³/mol. The summed E-state index contributed by atoms with van der Waals surface area (Å²) in [4.78, 5) is 0.134. The van der Waals surface area contributed by atoms with Gasteiger partial charge in [0.25, 0.3) is 10.0 Å². The molecular formula is C13H17BrN4O2S. The Kier molecular flexibility index (Phi) is 4.58.